The van der Waals surface area contributed by atoms with E-state index in [1.165, 1.54) is 7.11 Å². The third kappa shape index (κ3) is 4.17. The molecule has 0 saturated carbocycles. The van der Waals surface area contributed by atoms with E-state index >= 15 is 0 Å². The highest BCUT2D eigenvalue weighted by molar-refractivity contribution is 5.93. The van der Waals surface area contributed by atoms with Gasteiger partial charge in [-0.3, -0.25) is 4.79 Å². The van der Waals surface area contributed by atoms with Crippen molar-refractivity contribution in [3.63, 3.8) is 0 Å². The Balaban J connectivity index is 1.94. The quantitative estimate of drug-likeness (QED) is 0.890. The van der Waals surface area contributed by atoms with Gasteiger partial charge in [-0.2, -0.15) is 0 Å². The molecule has 0 aromatic heterocycles. The molecule has 0 aliphatic rings. The molecule has 0 spiro atoms. The number of halogens is 2. The smallest absolute Gasteiger partial charge is 0.243 e. The number of methoxy groups -OCH3 is 1. The van der Waals surface area contributed by atoms with Crippen LogP contribution >= 0.6 is 0 Å². The van der Waals surface area contributed by atoms with Gasteiger partial charge in [0.25, 0.3) is 0 Å². The van der Waals surface area contributed by atoms with Gasteiger partial charge in [0.1, 0.15) is 17.4 Å². The first-order valence-electron chi connectivity index (χ1n) is 6.21. The van der Waals surface area contributed by atoms with Crippen LogP contribution < -0.4 is 15.4 Å². The number of rotatable bonds is 5. The van der Waals surface area contributed by atoms with Gasteiger partial charge in [0.15, 0.2) is 0 Å². The predicted octanol–water partition coefficient (Wildman–Crippen LogP) is 3.02. The lowest BCUT2D eigenvalue weighted by Crippen LogP contribution is -2.22. The molecule has 0 heterocycles. The molecule has 2 rings (SSSR count). The lowest BCUT2D eigenvalue weighted by atomic mass is 10.3. The number of hydrogen-bond acceptors (Lipinski definition) is 3. The second-order valence-corrected chi connectivity index (χ2v) is 4.26. The van der Waals surface area contributed by atoms with Gasteiger partial charge < -0.3 is 15.4 Å². The minimum atomic E-state index is -0.620. The van der Waals surface area contributed by atoms with Gasteiger partial charge in [-0.05, 0) is 30.3 Å². The minimum absolute atomic E-state index is 0.0595. The molecule has 1 amide bonds. The van der Waals surface area contributed by atoms with Crippen molar-refractivity contribution < 1.29 is 18.3 Å². The summed E-state index contributed by atoms with van der Waals surface area (Å²) in [5, 5.41) is 5.17. The van der Waals surface area contributed by atoms with Crippen LogP contribution in [0.2, 0.25) is 0 Å². The van der Waals surface area contributed by atoms with E-state index in [0.29, 0.717) is 11.4 Å². The van der Waals surface area contributed by atoms with Crippen molar-refractivity contribution in [2.45, 2.75) is 0 Å². The topological polar surface area (TPSA) is 50.4 Å². The molecule has 21 heavy (non-hydrogen) atoms. The molecule has 0 aliphatic carbocycles. The fourth-order valence-corrected chi connectivity index (χ4v) is 1.71. The third-order valence-electron chi connectivity index (χ3n) is 2.72. The van der Waals surface area contributed by atoms with Gasteiger partial charge in [0.2, 0.25) is 5.91 Å². The summed E-state index contributed by atoms with van der Waals surface area (Å²) in [7, 11) is 1.52. The van der Waals surface area contributed by atoms with Crippen LogP contribution in [-0.4, -0.2) is 19.6 Å². The molecule has 0 fully saturated rings. The van der Waals surface area contributed by atoms with Crippen molar-refractivity contribution in [1.29, 1.82) is 0 Å². The SMILES string of the molecule is COc1cccc(NC(=O)CNc2cc(F)ccc2F)c1. The van der Waals surface area contributed by atoms with E-state index in [4.69, 9.17) is 4.74 Å². The number of ether oxygens (including phenoxy) is 1. The Morgan fingerprint density at radius 2 is 2.00 bits per heavy atom. The van der Waals surface area contributed by atoms with Gasteiger partial charge in [0.05, 0.1) is 19.3 Å². The van der Waals surface area contributed by atoms with E-state index < -0.39 is 11.6 Å². The minimum Gasteiger partial charge on any atom is -0.497 e. The largest absolute Gasteiger partial charge is 0.497 e. The van der Waals surface area contributed by atoms with E-state index in [1.54, 1.807) is 24.3 Å². The molecule has 6 heteroatoms. The van der Waals surface area contributed by atoms with Crippen LogP contribution in [0.25, 0.3) is 0 Å². The predicted molar refractivity (Wildman–Crippen MR) is 76.5 cm³/mol. The first-order chi connectivity index (χ1) is 10.1. The first kappa shape index (κ1) is 14.8. The fourth-order valence-electron chi connectivity index (χ4n) is 1.71. The molecule has 0 unspecified atom stereocenters. The average Bonchev–Trinajstić information content (AvgIpc) is 2.48. The molecule has 0 aliphatic heterocycles. The van der Waals surface area contributed by atoms with Gasteiger partial charge in [-0.15, -0.1) is 0 Å². The van der Waals surface area contributed by atoms with Crippen LogP contribution in [0.3, 0.4) is 0 Å². The number of benzene rings is 2. The molecule has 2 aromatic carbocycles. The maximum Gasteiger partial charge on any atom is 0.243 e. The summed E-state index contributed by atoms with van der Waals surface area (Å²) in [6.45, 7) is -0.183. The molecule has 0 radical (unpaired) electrons. The van der Waals surface area contributed by atoms with Gasteiger partial charge >= 0.3 is 0 Å². The van der Waals surface area contributed by atoms with Crippen LogP contribution in [-0.2, 0) is 4.79 Å². The number of hydrogen-bond donors (Lipinski definition) is 2. The summed E-state index contributed by atoms with van der Waals surface area (Å²) in [6, 6.07) is 9.83. The second-order valence-electron chi connectivity index (χ2n) is 4.26. The summed E-state index contributed by atoms with van der Waals surface area (Å²) in [4.78, 5) is 11.8. The Hall–Kier alpha value is -2.63. The summed E-state index contributed by atoms with van der Waals surface area (Å²) in [5.74, 6) is -0.971. The zero-order valence-corrected chi connectivity index (χ0v) is 11.3. The Kier molecular flexibility index (Phi) is 4.71. The van der Waals surface area contributed by atoms with Gasteiger partial charge in [-0.25, -0.2) is 8.78 Å². The van der Waals surface area contributed by atoms with Crippen molar-refractivity contribution in [2.24, 2.45) is 0 Å². The summed E-state index contributed by atoms with van der Waals surface area (Å²) < 4.78 is 31.4. The van der Waals surface area contributed by atoms with Crippen LogP contribution in [0.5, 0.6) is 5.75 Å². The zero-order chi connectivity index (χ0) is 15.2. The Morgan fingerprint density at radius 1 is 1.19 bits per heavy atom. The highest BCUT2D eigenvalue weighted by Crippen LogP contribution is 2.17. The van der Waals surface area contributed by atoms with Crippen LogP contribution in [0.1, 0.15) is 0 Å². The standard InChI is InChI=1S/C15H14F2N2O2/c1-21-12-4-2-3-11(8-12)19-15(20)9-18-14-7-10(16)5-6-13(14)17/h2-8,18H,9H2,1H3,(H,19,20). The van der Waals surface area contributed by atoms with Crippen molar-refractivity contribution in [3.8, 4) is 5.75 Å². The molecule has 0 bridgehead atoms. The Bertz CT molecular complexity index is 647. The van der Waals surface area contributed by atoms with Crippen LogP contribution in [0.4, 0.5) is 20.2 Å². The van der Waals surface area contributed by atoms with E-state index in [0.717, 1.165) is 18.2 Å². The molecule has 4 nitrogen and oxygen atoms in total. The van der Waals surface area contributed by atoms with E-state index in [-0.39, 0.29) is 18.1 Å². The molecular weight excluding hydrogens is 278 g/mol. The highest BCUT2D eigenvalue weighted by atomic mass is 19.1. The zero-order valence-electron chi connectivity index (χ0n) is 11.3. The van der Waals surface area contributed by atoms with E-state index in [1.807, 2.05) is 0 Å². The summed E-state index contributed by atoms with van der Waals surface area (Å²) >= 11 is 0. The van der Waals surface area contributed by atoms with Crippen LogP contribution in [0.15, 0.2) is 42.5 Å². The number of carbonyl (C=O) groups is 1. The van der Waals surface area contributed by atoms with Crippen LogP contribution in [0, 0.1) is 11.6 Å². The monoisotopic (exact) mass is 292 g/mol. The van der Waals surface area contributed by atoms with Gasteiger partial charge in [0, 0.05) is 11.8 Å². The lowest BCUT2D eigenvalue weighted by Gasteiger charge is -2.09. The highest BCUT2D eigenvalue weighted by Gasteiger charge is 2.07. The summed E-state index contributed by atoms with van der Waals surface area (Å²) in [5.41, 5.74) is 0.497. The number of nitrogens with one attached hydrogen (secondary N) is 2. The second kappa shape index (κ2) is 6.69. The van der Waals surface area contributed by atoms with E-state index in [9.17, 15) is 13.6 Å². The first-order valence-corrected chi connectivity index (χ1v) is 6.21. The molecule has 0 atom stereocenters. The molecule has 2 N–H and O–H groups in total. The van der Waals surface area contributed by atoms with E-state index in [2.05, 4.69) is 10.6 Å². The number of anilines is 2. The normalized spacial score (nSPS) is 10.0. The Morgan fingerprint density at radius 3 is 2.76 bits per heavy atom. The summed E-state index contributed by atoms with van der Waals surface area (Å²) in [6.07, 6.45) is 0. The van der Waals surface area contributed by atoms with Crippen molar-refractivity contribution in [1.82, 2.24) is 0 Å². The third-order valence-corrected chi connectivity index (χ3v) is 2.72. The van der Waals surface area contributed by atoms with Crippen molar-refractivity contribution in [2.75, 3.05) is 24.3 Å². The molecule has 2 aromatic rings. The molecule has 110 valence electrons. The van der Waals surface area contributed by atoms with Gasteiger partial charge in [-0.1, -0.05) is 6.07 Å². The fraction of sp³-hybridized carbons (Fsp3) is 0.133. The number of amides is 1. The maximum atomic E-state index is 13.4. The average molecular weight is 292 g/mol. The lowest BCUT2D eigenvalue weighted by molar-refractivity contribution is -0.114. The molecule has 0 saturated heterocycles. The number of carbonyl (C=O) groups excluding carboxylic acids is 1. The molecular formula is C15H14F2N2O2. The van der Waals surface area contributed by atoms with Crippen molar-refractivity contribution >= 4 is 17.3 Å². The van der Waals surface area contributed by atoms with Crippen molar-refractivity contribution in [3.05, 3.63) is 54.1 Å². The Labute approximate surface area is 120 Å². The maximum absolute atomic E-state index is 13.4.